The number of hydrogen-bond donors (Lipinski definition) is 3. The number of phenolic OH excluding ortho intramolecular Hbond substituents is 1. The first kappa shape index (κ1) is 33.5. The second-order valence-corrected chi connectivity index (χ2v) is 13.0. The number of likely N-dealkylation sites (N-methyl/N-ethyl adjacent to an activating group) is 1. The van der Waals surface area contributed by atoms with E-state index in [9.17, 15) is 19.8 Å². The van der Waals surface area contributed by atoms with Crippen molar-refractivity contribution in [2.75, 3.05) is 34.1 Å². The third kappa shape index (κ3) is 5.53. The molecule has 0 aliphatic carbocycles. The molecule has 1 fully saturated rings. The van der Waals surface area contributed by atoms with Crippen molar-refractivity contribution in [2.45, 2.75) is 57.1 Å². The minimum Gasteiger partial charge on any atom is -0.504 e. The summed E-state index contributed by atoms with van der Waals surface area (Å²) >= 11 is 0. The molecule has 0 saturated carbocycles. The summed E-state index contributed by atoms with van der Waals surface area (Å²) in [5, 5.41) is 27.0. The van der Waals surface area contributed by atoms with Crippen molar-refractivity contribution in [1.29, 1.82) is 0 Å². The molecule has 1 saturated heterocycles. The van der Waals surface area contributed by atoms with Gasteiger partial charge in [-0.3, -0.25) is 14.6 Å². The van der Waals surface area contributed by atoms with E-state index in [0.29, 0.717) is 46.8 Å². The summed E-state index contributed by atoms with van der Waals surface area (Å²) < 4.78 is 28.8. The number of nitrogens with zero attached hydrogens (tertiary/aromatic N) is 2. The Kier molecular flexibility index (Phi) is 8.93. The fourth-order valence-electron chi connectivity index (χ4n) is 8.21. The van der Waals surface area contributed by atoms with E-state index >= 15 is 0 Å². The van der Waals surface area contributed by atoms with Gasteiger partial charge in [-0.15, -0.1) is 0 Å². The number of piperazine rings is 1. The van der Waals surface area contributed by atoms with Gasteiger partial charge in [-0.05, 0) is 56.5 Å². The van der Waals surface area contributed by atoms with Gasteiger partial charge in [0, 0.05) is 40.9 Å². The average Bonchev–Trinajstić information content (AvgIpc) is 3.60. The van der Waals surface area contributed by atoms with Crippen molar-refractivity contribution in [1.82, 2.24) is 15.1 Å². The van der Waals surface area contributed by atoms with E-state index in [4.69, 9.17) is 23.7 Å². The van der Waals surface area contributed by atoms with Crippen LogP contribution in [0.15, 0.2) is 55.1 Å². The van der Waals surface area contributed by atoms with Crippen molar-refractivity contribution >= 4 is 18.1 Å². The van der Waals surface area contributed by atoms with Crippen LogP contribution < -0.4 is 24.3 Å². The first-order valence-corrected chi connectivity index (χ1v) is 16.6. The van der Waals surface area contributed by atoms with Crippen molar-refractivity contribution in [2.24, 2.45) is 0 Å². The highest BCUT2D eigenvalue weighted by Gasteiger charge is 2.56. The number of amides is 1. The van der Waals surface area contributed by atoms with E-state index in [1.807, 2.05) is 55.3 Å². The molecule has 3 aromatic carbocycles. The Labute approximate surface area is 290 Å². The van der Waals surface area contributed by atoms with E-state index < -0.39 is 30.5 Å². The van der Waals surface area contributed by atoms with E-state index in [2.05, 4.69) is 16.8 Å². The Bertz CT molecular complexity index is 1880. The molecule has 1 amide bonds. The van der Waals surface area contributed by atoms with Crippen LogP contribution in [-0.2, 0) is 22.4 Å². The van der Waals surface area contributed by atoms with Crippen molar-refractivity contribution < 1.29 is 43.5 Å². The SMILES string of the molecule is C=CCOC(=O)Oc1c(C)c2c(c3c1C[C@H]1C4c5c(cc(C)c(OC)c5O)CC([C@H](O)N1[C@H]3CNC(=O)/C=C/c1ccccc1)N4C)OCO2. The normalized spacial score (nSPS) is 23.4. The zero-order valence-corrected chi connectivity index (χ0v) is 28.5. The number of benzene rings is 3. The Balaban J connectivity index is 1.37. The van der Waals surface area contributed by atoms with Crippen LogP contribution in [0.5, 0.6) is 28.7 Å². The number of nitrogens with one attached hydrogen (secondary N) is 1. The maximum Gasteiger partial charge on any atom is 0.514 e. The first-order valence-electron chi connectivity index (χ1n) is 16.6. The third-order valence-corrected chi connectivity index (χ3v) is 10.3. The van der Waals surface area contributed by atoms with Gasteiger partial charge >= 0.3 is 6.16 Å². The van der Waals surface area contributed by atoms with E-state index in [1.54, 1.807) is 13.0 Å². The Hall–Kier alpha value is -5.04. The van der Waals surface area contributed by atoms with Gasteiger partial charge in [0.15, 0.2) is 23.0 Å². The molecule has 0 aromatic heterocycles. The summed E-state index contributed by atoms with van der Waals surface area (Å²) in [6.45, 7) is 7.28. The molecule has 2 unspecified atom stereocenters. The third-order valence-electron chi connectivity index (χ3n) is 10.3. The van der Waals surface area contributed by atoms with Crippen molar-refractivity contribution in [3.05, 3.63) is 94.1 Å². The summed E-state index contributed by atoms with van der Waals surface area (Å²) in [6.07, 6.45) is 3.54. The minimum atomic E-state index is -0.977. The van der Waals surface area contributed by atoms with Crippen LogP contribution in [-0.4, -0.2) is 84.5 Å². The van der Waals surface area contributed by atoms with Gasteiger partial charge in [-0.1, -0.05) is 49.1 Å². The molecule has 50 heavy (non-hydrogen) atoms. The smallest absolute Gasteiger partial charge is 0.504 e. The van der Waals surface area contributed by atoms with Crippen LogP contribution in [0.2, 0.25) is 0 Å². The lowest BCUT2D eigenvalue weighted by atomic mass is 9.73. The maximum atomic E-state index is 13.3. The summed E-state index contributed by atoms with van der Waals surface area (Å²) in [5.41, 5.74) is 5.18. The molecule has 262 valence electrons. The lowest BCUT2D eigenvalue weighted by Crippen LogP contribution is -2.69. The molecule has 0 radical (unpaired) electrons. The highest BCUT2D eigenvalue weighted by Crippen LogP contribution is 2.58. The number of methoxy groups -OCH3 is 1. The summed E-state index contributed by atoms with van der Waals surface area (Å²) in [7, 11) is 3.48. The van der Waals surface area contributed by atoms with Crippen LogP contribution in [0.4, 0.5) is 4.79 Å². The molecule has 3 N–H and O–H groups in total. The van der Waals surface area contributed by atoms with E-state index in [-0.39, 0.29) is 43.4 Å². The van der Waals surface area contributed by atoms with Crippen LogP contribution in [0.3, 0.4) is 0 Å². The Morgan fingerprint density at radius 2 is 1.84 bits per heavy atom. The topological polar surface area (TPSA) is 139 Å². The first-order chi connectivity index (χ1) is 24.1. The van der Waals surface area contributed by atoms with Crippen LogP contribution in [0.1, 0.15) is 51.0 Å². The molecule has 12 nitrogen and oxygen atoms in total. The standard InChI is InChI=1S/C38H41N3O9/c1-6-14-47-38(45)50-34-21(3)35-36(49-19-48-35)30-24(34)17-25-31-29-23(15-20(2)33(46-5)32(29)43)16-26(40(31)4)37(44)41(25)27(30)18-39-28(42)13-12-22-10-8-7-9-11-22/h6-13,15,25-27,31,37,43-44H,1,14,16-19H2,2-5H3,(H,39,42)/b13-12+/t25-,26?,27-,31?,37-/m0/s1. The summed E-state index contributed by atoms with van der Waals surface area (Å²) in [6, 6.07) is 9.67. The van der Waals surface area contributed by atoms with Gasteiger partial charge in [-0.25, -0.2) is 4.79 Å². The molecule has 2 bridgehead atoms. The number of carbonyl (C=O) groups is 2. The highest BCUT2D eigenvalue weighted by molar-refractivity contribution is 5.91. The monoisotopic (exact) mass is 683 g/mol. The Morgan fingerprint density at radius 1 is 1.08 bits per heavy atom. The molecule has 3 aromatic rings. The predicted octanol–water partition coefficient (Wildman–Crippen LogP) is 4.47. The highest BCUT2D eigenvalue weighted by atomic mass is 16.7. The molecule has 4 aliphatic rings. The van der Waals surface area contributed by atoms with Crippen LogP contribution in [0.25, 0.3) is 6.08 Å². The molecule has 12 heteroatoms. The predicted molar refractivity (Wildman–Crippen MR) is 183 cm³/mol. The maximum absolute atomic E-state index is 13.3. The van der Waals surface area contributed by atoms with Crippen molar-refractivity contribution in [3.63, 3.8) is 0 Å². The van der Waals surface area contributed by atoms with Gasteiger partial charge in [0.2, 0.25) is 12.7 Å². The molecule has 0 spiro atoms. The number of hydrogen-bond acceptors (Lipinski definition) is 11. The Morgan fingerprint density at radius 3 is 2.58 bits per heavy atom. The molecule has 7 rings (SSSR count). The number of aryl methyl sites for hydroxylation is 1. The largest absolute Gasteiger partial charge is 0.514 e. The number of fused-ring (bicyclic) bond motifs is 9. The molecular weight excluding hydrogens is 642 g/mol. The lowest BCUT2D eigenvalue weighted by molar-refractivity contribution is -0.172. The molecule has 5 atom stereocenters. The van der Waals surface area contributed by atoms with Crippen LogP contribution >= 0.6 is 0 Å². The number of aliphatic hydroxyl groups excluding tert-OH is 1. The van der Waals surface area contributed by atoms with Gasteiger partial charge in [0.05, 0.1) is 25.2 Å². The average molecular weight is 684 g/mol. The molecule has 4 aliphatic heterocycles. The minimum absolute atomic E-state index is 0.0378. The molecule has 4 heterocycles. The summed E-state index contributed by atoms with van der Waals surface area (Å²) in [5.74, 6) is 1.28. The van der Waals surface area contributed by atoms with Gasteiger partial charge < -0.3 is 39.2 Å². The van der Waals surface area contributed by atoms with Gasteiger partial charge in [0.25, 0.3) is 0 Å². The van der Waals surface area contributed by atoms with Gasteiger partial charge in [-0.2, -0.15) is 0 Å². The zero-order valence-electron chi connectivity index (χ0n) is 28.5. The number of phenols is 1. The summed E-state index contributed by atoms with van der Waals surface area (Å²) in [4.78, 5) is 30.3. The molecular formula is C38H41N3O9. The quantitative estimate of drug-likeness (QED) is 0.134. The van der Waals surface area contributed by atoms with E-state index in [0.717, 1.165) is 22.3 Å². The fourth-order valence-corrected chi connectivity index (χ4v) is 8.21. The number of aromatic hydroxyl groups is 1. The van der Waals surface area contributed by atoms with Crippen LogP contribution in [0, 0.1) is 13.8 Å². The fraction of sp³-hybridized carbons (Fsp3) is 0.368. The second-order valence-electron chi connectivity index (χ2n) is 13.0. The number of ether oxygens (including phenoxy) is 5. The number of carbonyl (C=O) groups excluding carboxylic acids is 2. The number of aliphatic hydroxyl groups is 1. The number of rotatable bonds is 8. The van der Waals surface area contributed by atoms with Crippen molar-refractivity contribution in [3.8, 4) is 28.7 Å². The lowest BCUT2D eigenvalue weighted by Gasteiger charge is -2.60. The zero-order chi connectivity index (χ0) is 35.3. The second kappa shape index (κ2) is 13.3. The van der Waals surface area contributed by atoms with Gasteiger partial charge in [0.1, 0.15) is 18.6 Å². The van der Waals surface area contributed by atoms with E-state index in [1.165, 1.54) is 19.3 Å².